The Morgan fingerprint density at radius 2 is 1.90 bits per heavy atom. The van der Waals surface area contributed by atoms with Crippen LogP contribution in [0.5, 0.6) is 0 Å². The molecule has 1 heterocycles. The van der Waals surface area contributed by atoms with Crippen LogP contribution < -0.4 is 10.0 Å². The van der Waals surface area contributed by atoms with Gasteiger partial charge < -0.3 is 9.73 Å². The van der Waals surface area contributed by atoms with Gasteiger partial charge in [0.25, 0.3) is 10.0 Å². The summed E-state index contributed by atoms with van der Waals surface area (Å²) in [5, 5.41) is 3.01. The average molecular weight is 308 g/mol. The van der Waals surface area contributed by atoms with Crippen molar-refractivity contribution in [2.75, 3.05) is 11.3 Å². The van der Waals surface area contributed by atoms with Gasteiger partial charge in [-0.3, -0.25) is 4.72 Å². The topological polar surface area (TPSA) is 71.3 Å². The lowest BCUT2D eigenvalue weighted by atomic mass is 10.1. The summed E-state index contributed by atoms with van der Waals surface area (Å²) in [4.78, 5) is 0. The molecule has 114 valence electrons. The van der Waals surface area contributed by atoms with Crippen LogP contribution in [0.15, 0.2) is 39.8 Å². The van der Waals surface area contributed by atoms with Crippen LogP contribution in [0.4, 0.5) is 5.69 Å². The summed E-state index contributed by atoms with van der Waals surface area (Å²) in [6, 6.07) is 8.68. The van der Waals surface area contributed by atoms with Crippen molar-refractivity contribution in [1.29, 1.82) is 0 Å². The number of hydrogen-bond donors (Lipinski definition) is 2. The molecule has 0 aliphatic heterocycles. The van der Waals surface area contributed by atoms with Crippen LogP contribution in [0.25, 0.3) is 0 Å². The van der Waals surface area contributed by atoms with Crippen molar-refractivity contribution in [1.82, 2.24) is 5.32 Å². The molecule has 0 saturated heterocycles. The molecule has 0 radical (unpaired) electrons. The van der Waals surface area contributed by atoms with Gasteiger partial charge in [0, 0.05) is 0 Å². The van der Waals surface area contributed by atoms with Crippen molar-refractivity contribution in [3.63, 3.8) is 0 Å². The van der Waals surface area contributed by atoms with Crippen LogP contribution in [0.2, 0.25) is 0 Å². The zero-order valence-electron chi connectivity index (χ0n) is 12.4. The van der Waals surface area contributed by atoms with Gasteiger partial charge in [0.2, 0.25) is 5.09 Å². The van der Waals surface area contributed by atoms with Crippen molar-refractivity contribution >= 4 is 15.7 Å². The summed E-state index contributed by atoms with van der Waals surface area (Å²) in [7, 11) is -3.70. The first-order valence-corrected chi connectivity index (χ1v) is 8.30. The Morgan fingerprint density at radius 3 is 2.57 bits per heavy atom. The Bertz CT molecular complexity index is 720. The van der Waals surface area contributed by atoms with E-state index in [4.69, 9.17) is 4.42 Å². The van der Waals surface area contributed by atoms with E-state index in [1.807, 2.05) is 32.9 Å². The first kappa shape index (κ1) is 15.6. The van der Waals surface area contributed by atoms with E-state index in [1.165, 1.54) is 6.07 Å². The standard InChI is InChI=1S/C15H20N2O3S/c1-4-16-10-13-6-8-15(20-13)21(18,19)17-14-7-5-11(2)9-12(14)3/h5-9,16-17H,4,10H2,1-3H3. The predicted molar refractivity (Wildman–Crippen MR) is 82.8 cm³/mol. The molecule has 21 heavy (non-hydrogen) atoms. The summed E-state index contributed by atoms with van der Waals surface area (Å²) < 4.78 is 32.5. The molecular formula is C15H20N2O3S. The zero-order valence-corrected chi connectivity index (χ0v) is 13.3. The highest BCUT2D eigenvalue weighted by Crippen LogP contribution is 2.22. The summed E-state index contributed by atoms with van der Waals surface area (Å²) in [6.45, 7) is 7.11. The molecule has 2 N–H and O–H groups in total. The number of sulfonamides is 1. The Hall–Kier alpha value is -1.79. The molecule has 0 atom stereocenters. The lowest BCUT2D eigenvalue weighted by Crippen LogP contribution is -2.13. The number of benzene rings is 1. The van der Waals surface area contributed by atoms with E-state index in [0.29, 0.717) is 18.0 Å². The normalized spacial score (nSPS) is 11.6. The zero-order chi connectivity index (χ0) is 15.5. The fourth-order valence-corrected chi connectivity index (χ4v) is 3.05. The van der Waals surface area contributed by atoms with Crippen LogP contribution >= 0.6 is 0 Å². The molecule has 0 bridgehead atoms. The van der Waals surface area contributed by atoms with Gasteiger partial charge in [-0.1, -0.05) is 24.6 Å². The fourth-order valence-electron chi connectivity index (χ4n) is 1.97. The molecule has 0 spiro atoms. The van der Waals surface area contributed by atoms with Crippen molar-refractivity contribution in [3.8, 4) is 0 Å². The largest absolute Gasteiger partial charge is 0.446 e. The monoisotopic (exact) mass is 308 g/mol. The second-order valence-electron chi connectivity index (χ2n) is 4.92. The third kappa shape index (κ3) is 3.86. The van der Waals surface area contributed by atoms with Gasteiger partial charge in [0.15, 0.2) is 0 Å². The van der Waals surface area contributed by atoms with E-state index in [9.17, 15) is 8.42 Å². The maximum absolute atomic E-state index is 12.3. The van der Waals surface area contributed by atoms with Crippen molar-refractivity contribution in [2.45, 2.75) is 32.4 Å². The van der Waals surface area contributed by atoms with E-state index >= 15 is 0 Å². The number of furan rings is 1. The summed E-state index contributed by atoms with van der Waals surface area (Å²) in [6.07, 6.45) is 0. The summed E-state index contributed by atoms with van der Waals surface area (Å²) in [5.74, 6) is 0.595. The Balaban J connectivity index is 2.19. The molecule has 2 aromatic rings. The van der Waals surface area contributed by atoms with Gasteiger partial charge in [-0.15, -0.1) is 0 Å². The predicted octanol–water partition coefficient (Wildman–Crippen LogP) is 2.81. The van der Waals surface area contributed by atoms with Gasteiger partial charge in [0.05, 0.1) is 12.2 Å². The van der Waals surface area contributed by atoms with Crippen LogP contribution in [0.3, 0.4) is 0 Å². The Kier molecular flexibility index (Phi) is 4.69. The van der Waals surface area contributed by atoms with Gasteiger partial charge in [0.1, 0.15) is 5.76 Å². The van der Waals surface area contributed by atoms with Crippen LogP contribution in [-0.4, -0.2) is 15.0 Å². The summed E-state index contributed by atoms with van der Waals surface area (Å²) in [5.41, 5.74) is 2.52. The van der Waals surface area contributed by atoms with Crippen LogP contribution in [-0.2, 0) is 16.6 Å². The Morgan fingerprint density at radius 1 is 1.14 bits per heavy atom. The molecule has 0 aliphatic carbocycles. The van der Waals surface area contributed by atoms with Gasteiger partial charge in [-0.25, -0.2) is 0 Å². The smallest absolute Gasteiger partial charge is 0.295 e. The molecule has 0 amide bonds. The third-order valence-corrected chi connectivity index (χ3v) is 4.32. The van der Waals surface area contributed by atoms with Crippen LogP contribution in [0.1, 0.15) is 23.8 Å². The first-order chi connectivity index (χ1) is 9.92. The lowest BCUT2D eigenvalue weighted by Gasteiger charge is -2.09. The highest BCUT2D eigenvalue weighted by Gasteiger charge is 2.19. The summed E-state index contributed by atoms with van der Waals surface area (Å²) >= 11 is 0. The highest BCUT2D eigenvalue weighted by atomic mass is 32.2. The minimum atomic E-state index is -3.70. The van der Waals surface area contributed by atoms with E-state index in [0.717, 1.165) is 17.7 Å². The molecule has 0 unspecified atom stereocenters. The SMILES string of the molecule is CCNCc1ccc(S(=O)(=O)Nc2ccc(C)cc2C)o1. The van der Waals surface area contributed by atoms with Crippen molar-refractivity contribution < 1.29 is 12.8 Å². The van der Waals surface area contributed by atoms with E-state index in [-0.39, 0.29) is 5.09 Å². The first-order valence-electron chi connectivity index (χ1n) is 6.82. The second kappa shape index (κ2) is 6.32. The quantitative estimate of drug-likeness (QED) is 0.861. The molecule has 5 nitrogen and oxygen atoms in total. The lowest BCUT2D eigenvalue weighted by molar-refractivity contribution is 0.405. The molecule has 0 saturated carbocycles. The fraction of sp³-hybridized carbons (Fsp3) is 0.333. The maximum Gasteiger partial charge on any atom is 0.295 e. The molecule has 6 heteroatoms. The van der Waals surface area contributed by atoms with E-state index < -0.39 is 10.0 Å². The van der Waals surface area contributed by atoms with Crippen molar-refractivity contribution in [2.24, 2.45) is 0 Å². The molecule has 0 aliphatic rings. The maximum atomic E-state index is 12.3. The molecular weight excluding hydrogens is 288 g/mol. The Labute approximate surface area is 125 Å². The number of anilines is 1. The average Bonchev–Trinajstić information content (AvgIpc) is 2.89. The molecule has 1 aromatic heterocycles. The van der Waals surface area contributed by atoms with Gasteiger partial charge in [-0.05, 0) is 44.2 Å². The number of aryl methyl sites for hydroxylation is 2. The minimum Gasteiger partial charge on any atom is -0.446 e. The van der Waals surface area contributed by atoms with Gasteiger partial charge in [-0.2, -0.15) is 8.42 Å². The molecule has 2 rings (SSSR count). The van der Waals surface area contributed by atoms with Crippen molar-refractivity contribution in [3.05, 3.63) is 47.2 Å². The molecule has 0 fully saturated rings. The number of nitrogens with one attached hydrogen (secondary N) is 2. The van der Waals surface area contributed by atoms with Gasteiger partial charge >= 0.3 is 0 Å². The van der Waals surface area contributed by atoms with Crippen LogP contribution in [0, 0.1) is 13.8 Å². The number of rotatable bonds is 6. The number of hydrogen-bond acceptors (Lipinski definition) is 4. The minimum absolute atomic E-state index is 0.0737. The van der Waals surface area contributed by atoms with E-state index in [1.54, 1.807) is 12.1 Å². The molecule has 1 aromatic carbocycles. The third-order valence-electron chi connectivity index (χ3n) is 3.08. The van der Waals surface area contributed by atoms with E-state index in [2.05, 4.69) is 10.0 Å². The highest BCUT2D eigenvalue weighted by molar-refractivity contribution is 7.92. The second-order valence-corrected chi connectivity index (χ2v) is 6.54.